The number of pyridine rings is 1. The van der Waals surface area contributed by atoms with Crippen molar-refractivity contribution in [2.75, 3.05) is 19.5 Å². The molecule has 0 aliphatic heterocycles. The second-order valence-electron chi connectivity index (χ2n) is 8.17. The number of rotatable bonds is 7. The number of methoxy groups -OCH3 is 1. The van der Waals surface area contributed by atoms with Crippen LogP contribution in [-0.4, -0.2) is 41.1 Å². The normalized spacial score (nSPS) is 12.2. The highest BCUT2D eigenvalue weighted by molar-refractivity contribution is 7.21. The summed E-state index contributed by atoms with van der Waals surface area (Å²) in [6, 6.07) is 11.2. The van der Waals surface area contributed by atoms with Crippen LogP contribution in [0.3, 0.4) is 0 Å². The SMILES string of the molecule is COC(=O)c1sc2nc(CN(C)C(C)c3ccon3)ccc2c1NC(=O)c1cccc(C)c1C. The number of benzene rings is 1. The van der Waals surface area contributed by atoms with Crippen LogP contribution in [0.15, 0.2) is 47.2 Å². The molecule has 4 aromatic rings. The van der Waals surface area contributed by atoms with E-state index in [0.717, 1.165) is 22.5 Å². The number of anilines is 1. The molecule has 34 heavy (non-hydrogen) atoms. The Morgan fingerprint density at radius 2 is 2.00 bits per heavy atom. The molecular formula is C25H26N4O4S. The van der Waals surface area contributed by atoms with Gasteiger partial charge in [0, 0.05) is 23.6 Å². The predicted octanol–water partition coefficient (Wildman–Crippen LogP) is 5.13. The van der Waals surface area contributed by atoms with Crippen LogP contribution in [0, 0.1) is 13.8 Å². The first-order valence-electron chi connectivity index (χ1n) is 10.8. The molecule has 1 aromatic carbocycles. The molecule has 1 atom stereocenters. The van der Waals surface area contributed by atoms with Gasteiger partial charge in [-0.1, -0.05) is 17.3 Å². The molecule has 0 fully saturated rings. The third-order valence-electron chi connectivity index (χ3n) is 6.03. The lowest BCUT2D eigenvalue weighted by Gasteiger charge is -2.22. The van der Waals surface area contributed by atoms with Crippen LogP contribution in [-0.2, 0) is 11.3 Å². The molecule has 0 spiro atoms. The molecule has 1 amide bonds. The maximum Gasteiger partial charge on any atom is 0.350 e. The minimum Gasteiger partial charge on any atom is -0.465 e. The highest BCUT2D eigenvalue weighted by Crippen LogP contribution is 2.36. The molecule has 9 heteroatoms. The summed E-state index contributed by atoms with van der Waals surface area (Å²) in [6.45, 7) is 6.47. The molecule has 4 rings (SSSR count). The minimum absolute atomic E-state index is 0.0395. The van der Waals surface area contributed by atoms with E-state index in [9.17, 15) is 9.59 Å². The highest BCUT2D eigenvalue weighted by Gasteiger charge is 2.23. The third kappa shape index (κ3) is 4.57. The summed E-state index contributed by atoms with van der Waals surface area (Å²) in [4.78, 5) is 33.4. The van der Waals surface area contributed by atoms with E-state index in [1.807, 2.05) is 58.2 Å². The lowest BCUT2D eigenvalue weighted by molar-refractivity contribution is 0.0607. The van der Waals surface area contributed by atoms with Crippen molar-refractivity contribution in [3.8, 4) is 0 Å². The monoisotopic (exact) mass is 478 g/mol. The van der Waals surface area contributed by atoms with Gasteiger partial charge in [-0.25, -0.2) is 9.78 Å². The van der Waals surface area contributed by atoms with Gasteiger partial charge in [-0.05, 0) is 57.1 Å². The van der Waals surface area contributed by atoms with E-state index in [-0.39, 0.29) is 11.9 Å². The van der Waals surface area contributed by atoms with Crippen molar-refractivity contribution < 1.29 is 18.8 Å². The van der Waals surface area contributed by atoms with Gasteiger partial charge < -0.3 is 14.6 Å². The summed E-state index contributed by atoms with van der Waals surface area (Å²) >= 11 is 1.20. The van der Waals surface area contributed by atoms with Crippen LogP contribution in [0.25, 0.3) is 10.2 Å². The number of thiophene rings is 1. The van der Waals surface area contributed by atoms with E-state index in [2.05, 4.69) is 15.4 Å². The number of hydrogen-bond donors (Lipinski definition) is 1. The van der Waals surface area contributed by atoms with Crippen molar-refractivity contribution in [3.63, 3.8) is 0 Å². The number of aromatic nitrogens is 2. The second-order valence-corrected chi connectivity index (χ2v) is 9.17. The molecule has 176 valence electrons. The van der Waals surface area contributed by atoms with Crippen molar-refractivity contribution in [1.82, 2.24) is 15.0 Å². The molecule has 0 aliphatic carbocycles. The van der Waals surface area contributed by atoms with E-state index >= 15 is 0 Å². The Kier molecular flexibility index (Phi) is 6.76. The number of esters is 1. The Balaban J connectivity index is 1.65. The maximum atomic E-state index is 13.1. The van der Waals surface area contributed by atoms with Gasteiger partial charge in [0.15, 0.2) is 0 Å². The number of nitrogens with zero attached hydrogens (tertiary/aromatic N) is 3. The first-order valence-corrected chi connectivity index (χ1v) is 11.6. The van der Waals surface area contributed by atoms with Crippen LogP contribution < -0.4 is 5.32 Å². The zero-order valence-corrected chi connectivity index (χ0v) is 20.5. The van der Waals surface area contributed by atoms with Crippen molar-refractivity contribution >= 4 is 39.1 Å². The molecule has 1 unspecified atom stereocenters. The third-order valence-corrected chi connectivity index (χ3v) is 7.11. The largest absolute Gasteiger partial charge is 0.465 e. The number of hydrogen-bond acceptors (Lipinski definition) is 8. The molecular weight excluding hydrogens is 452 g/mol. The summed E-state index contributed by atoms with van der Waals surface area (Å²) in [5.74, 6) is -0.797. The van der Waals surface area contributed by atoms with Crippen LogP contribution in [0.2, 0.25) is 0 Å². The highest BCUT2D eigenvalue weighted by atomic mass is 32.1. The van der Waals surface area contributed by atoms with E-state index in [1.54, 1.807) is 12.3 Å². The van der Waals surface area contributed by atoms with Crippen molar-refractivity contribution in [3.05, 3.63) is 75.6 Å². The Morgan fingerprint density at radius 1 is 1.21 bits per heavy atom. The van der Waals surface area contributed by atoms with Gasteiger partial charge in [-0.15, -0.1) is 11.3 Å². The summed E-state index contributed by atoms with van der Waals surface area (Å²) in [6.07, 6.45) is 1.55. The number of amides is 1. The van der Waals surface area contributed by atoms with Gasteiger partial charge >= 0.3 is 5.97 Å². The fraction of sp³-hybridized carbons (Fsp3) is 0.280. The molecule has 1 N–H and O–H groups in total. The first kappa shape index (κ1) is 23.6. The van der Waals surface area contributed by atoms with Gasteiger partial charge in [-0.3, -0.25) is 9.69 Å². The Labute approximate surface area is 201 Å². The van der Waals surface area contributed by atoms with Crippen molar-refractivity contribution in [2.24, 2.45) is 0 Å². The smallest absolute Gasteiger partial charge is 0.350 e. The molecule has 3 aromatic heterocycles. The average Bonchev–Trinajstić information content (AvgIpc) is 3.48. The van der Waals surface area contributed by atoms with Gasteiger partial charge in [0.2, 0.25) is 0 Å². The standard InChI is InChI=1S/C25H26N4O4S/c1-14-7-6-8-18(15(14)2)23(30)27-21-19-10-9-17(26-24(19)34-22(21)25(31)32-5)13-29(4)16(3)20-11-12-33-28-20/h6-12,16H,13H2,1-5H3,(H,27,30). The summed E-state index contributed by atoms with van der Waals surface area (Å²) in [7, 11) is 3.30. The van der Waals surface area contributed by atoms with Gasteiger partial charge in [0.1, 0.15) is 21.7 Å². The molecule has 0 radical (unpaired) electrons. The fourth-order valence-electron chi connectivity index (χ4n) is 3.70. The molecule has 0 saturated carbocycles. The number of carbonyl (C=O) groups excluding carboxylic acids is 2. The van der Waals surface area contributed by atoms with Crippen molar-refractivity contribution in [2.45, 2.75) is 33.4 Å². The predicted molar refractivity (Wildman–Crippen MR) is 131 cm³/mol. The zero-order valence-electron chi connectivity index (χ0n) is 19.7. The summed E-state index contributed by atoms with van der Waals surface area (Å²) < 4.78 is 9.92. The van der Waals surface area contributed by atoms with E-state index in [0.29, 0.717) is 32.9 Å². The second kappa shape index (κ2) is 9.74. The topological polar surface area (TPSA) is 97.6 Å². The molecule has 8 nitrogen and oxygen atoms in total. The van der Waals surface area contributed by atoms with Gasteiger partial charge in [0.05, 0.1) is 24.5 Å². The summed E-state index contributed by atoms with van der Waals surface area (Å²) in [5, 5.41) is 7.64. The number of fused-ring (bicyclic) bond motifs is 1. The Hall–Kier alpha value is -3.56. The number of ether oxygens (including phenoxy) is 1. The number of nitrogens with one attached hydrogen (secondary N) is 1. The van der Waals surface area contributed by atoms with Crippen LogP contribution in [0.4, 0.5) is 5.69 Å². The molecule has 0 aliphatic rings. The van der Waals surface area contributed by atoms with E-state index in [1.165, 1.54) is 18.4 Å². The van der Waals surface area contributed by atoms with E-state index < -0.39 is 5.97 Å². The quantitative estimate of drug-likeness (QED) is 0.368. The fourth-order valence-corrected chi connectivity index (χ4v) is 4.77. The maximum absolute atomic E-state index is 13.1. The van der Waals surface area contributed by atoms with Gasteiger partial charge in [0.25, 0.3) is 5.91 Å². The van der Waals surface area contributed by atoms with E-state index in [4.69, 9.17) is 14.2 Å². The Morgan fingerprint density at radius 3 is 2.71 bits per heavy atom. The summed E-state index contributed by atoms with van der Waals surface area (Å²) in [5.41, 5.74) is 4.55. The molecule has 0 bridgehead atoms. The van der Waals surface area contributed by atoms with Gasteiger partial charge in [-0.2, -0.15) is 0 Å². The first-order chi connectivity index (χ1) is 16.3. The number of aryl methyl sites for hydroxylation is 1. The average molecular weight is 479 g/mol. The van der Waals surface area contributed by atoms with Crippen LogP contribution >= 0.6 is 11.3 Å². The Bertz CT molecular complexity index is 1350. The van der Waals surface area contributed by atoms with Crippen molar-refractivity contribution in [1.29, 1.82) is 0 Å². The molecule has 3 heterocycles. The van der Waals surface area contributed by atoms with Crippen LogP contribution in [0.5, 0.6) is 0 Å². The lowest BCUT2D eigenvalue weighted by Crippen LogP contribution is -2.22. The lowest BCUT2D eigenvalue weighted by atomic mass is 10.0. The minimum atomic E-state index is -0.516. The molecule has 0 saturated heterocycles. The zero-order chi connectivity index (χ0) is 24.4. The number of carbonyl (C=O) groups is 2. The van der Waals surface area contributed by atoms with Crippen LogP contribution in [0.1, 0.15) is 55.5 Å².